The van der Waals surface area contributed by atoms with Crippen LogP contribution in [0.1, 0.15) is 22.6 Å². The lowest BCUT2D eigenvalue weighted by molar-refractivity contribution is 0.0883. The van der Waals surface area contributed by atoms with Crippen molar-refractivity contribution in [2.24, 2.45) is 0 Å². The van der Waals surface area contributed by atoms with Gasteiger partial charge in [-0.1, -0.05) is 17.3 Å². The number of rotatable bonds is 4. The molecule has 86 valence electrons. The lowest BCUT2D eigenvalue weighted by Gasteiger charge is -2.01. The molecule has 0 amide bonds. The smallest absolute Gasteiger partial charge is 0.162 e. The number of nitriles is 1. The number of nitrogens with zero attached hydrogens (tertiary/aromatic N) is 2. The maximum absolute atomic E-state index is 8.65. The van der Waals surface area contributed by atoms with Crippen molar-refractivity contribution in [3.63, 3.8) is 0 Å². The molecule has 0 bridgehead atoms. The van der Waals surface area contributed by atoms with Gasteiger partial charge < -0.3 is 9.26 Å². The van der Waals surface area contributed by atoms with E-state index in [1.165, 1.54) is 0 Å². The molecule has 2 rings (SSSR count). The highest BCUT2D eigenvalue weighted by atomic mass is 16.5. The number of aryl methyl sites for hydroxylation is 1. The van der Waals surface area contributed by atoms with Gasteiger partial charge in [-0.15, -0.1) is 0 Å². The molecule has 0 N–H and O–H groups in total. The van der Waals surface area contributed by atoms with Crippen molar-refractivity contribution in [1.82, 2.24) is 5.16 Å². The molecule has 4 nitrogen and oxygen atoms in total. The second-order valence-electron chi connectivity index (χ2n) is 3.74. The van der Waals surface area contributed by atoms with Crippen LogP contribution in [-0.2, 0) is 18.0 Å². The van der Waals surface area contributed by atoms with Gasteiger partial charge in [0.15, 0.2) is 5.76 Å². The molecule has 0 saturated heterocycles. The summed E-state index contributed by atoms with van der Waals surface area (Å²) < 4.78 is 10.5. The van der Waals surface area contributed by atoms with Gasteiger partial charge in [0.1, 0.15) is 6.61 Å². The maximum Gasteiger partial charge on any atom is 0.162 e. The zero-order valence-electron chi connectivity index (χ0n) is 9.51. The molecule has 0 unspecified atom stereocenters. The summed E-state index contributed by atoms with van der Waals surface area (Å²) in [6, 6.07) is 11.2. The summed E-state index contributed by atoms with van der Waals surface area (Å²) in [6.07, 6.45) is 0. The predicted octanol–water partition coefficient (Wildman–Crippen LogP) is 2.57. The minimum atomic E-state index is 0.404. The molecule has 1 aromatic carbocycles. The Morgan fingerprint density at radius 2 is 2.06 bits per heavy atom. The maximum atomic E-state index is 8.65. The van der Waals surface area contributed by atoms with Gasteiger partial charge in [0, 0.05) is 6.07 Å². The molecule has 1 aromatic heterocycles. The summed E-state index contributed by atoms with van der Waals surface area (Å²) in [4.78, 5) is 0. The molecule has 0 aliphatic carbocycles. The van der Waals surface area contributed by atoms with Crippen LogP contribution in [-0.4, -0.2) is 5.16 Å². The molecule has 1 heterocycles. The van der Waals surface area contributed by atoms with Crippen LogP contribution >= 0.6 is 0 Å². The van der Waals surface area contributed by atoms with Crippen molar-refractivity contribution in [3.05, 3.63) is 52.9 Å². The van der Waals surface area contributed by atoms with E-state index >= 15 is 0 Å². The summed E-state index contributed by atoms with van der Waals surface area (Å²) in [5.74, 6) is 0.719. The number of ether oxygens (including phenoxy) is 1. The zero-order chi connectivity index (χ0) is 12.1. The van der Waals surface area contributed by atoms with E-state index in [9.17, 15) is 0 Å². The normalized spacial score (nSPS) is 10.1. The first-order chi connectivity index (χ1) is 8.28. The summed E-state index contributed by atoms with van der Waals surface area (Å²) in [7, 11) is 0. The Kier molecular flexibility index (Phi) is 3.53. The first-order valence-electron chi connectivity index (χ1n) is 5.27. The number of aromatic nitrogens is 1. The monoisotopic (exact) mass is 228 g/mol. The standard InChI is InChI=1S/C13H12N2O2/c1-10-6-13(17-15-10)9-16-8-12-4-2-11(7-14)3-5-12/h2-6H,8-9H2,1H3. The fourth-order valence-electron chi connectivity index (χ4n) is 1.43. The summed E-state index contributed by atoms with van der Waals surface area (Å²) in [6.45, 7) is 2.76. The van der Waals surface area contributed by atoms with Gasteiger partial charge in [-0.3, -0.25) is 0 Å². The first-order valence-corrected chi connectivity index (χ1v) is 5.27. The van der Waals surface area contributed by atoms with E-state index in [-0.39, 0.29) is 0 Å². The highest BCUT2D eigenvalue weighted by molar-refractivity contribution is 5.31. The fourth-order valence-corrected chi connectivity index (χ4v) is 1.43. The van der Waals surface area contributed by atoms with Crippen LogP contribution in [0.2, 0.25) is 0 Å². The summed E-state index contributed by atoms with van der Waals surface area (Å²) in [5, 5.41) is 12.4. The Bertz CT molecular complexity index is 523. The molecule has 0 aliphatic heterocycles. The molecular weight excluding hydrogens is 216 g/mol. The van der Waals surface area contributed by atoms with Gasteiger partial charge in [0.05, 0.1) is 23.9 Å². The van der Waals surface area contributed by atoms with Crippen molar-refractivity contribution in [1.29, 1.82) is 5.26 Å². The molecule has 0 fully saturated rings. The van der Waals surface area contributed by atoms with Crippen molar-refractivity contribution >= 4 is 0 Å². The van der Waals surface area contributed by atoms with Crippen molar-refractivity contribution in [2.75, 3.05) is 0 Å². The van der Waals surface area contributed by atoms with Crippen LogP contribution in [0, 0.1) is 18.3 Å². The van der Waals surface area contributed by atoms with Crippen LogP contribution < -0.4 is 0 Å². The van der Waals surface area contributed by atoms with Crippen molar-refractivity contribution in [3.8, 4) is 6.07 Å². The first kappa shape index (κ1) is 11.4. The Hall–Kier alpha value is -2.12. The predicted molar refractivity (Wildman–Crippen MR) is 60.9 cm³/mol. The van der Waals surface area contributed by atoms with Gasteiger partial charge in [-0.2, -0.15) is 5.26 Å². The third kappa shape index (κ3) is 3.16. The van der Waals surface area contributed by atoms with E-state index in [0.29, 0.717) is 18.8 Å². The Morgan fingerprint density at radius 3 is 2.65 bits per heavy atom. The molecule has 2 aromatic rings. The van der Waals surface area contributed by atoms with Crippen LogP contribution in [0.5, 0.6) is 0 Å². The van der Waals surface area contributed by atoms with E-state index < -0.39 is 0 Å². The van der Waals surface area contributed by atoms with Gasteiger partial charge in [-0.05, 0) is 24.6 Å². The van der Waals surface area contributed by atoms with Crippen molar-refractivity contribution in [2.45, 2.75) is 20.1 Å². The van der Waals surface area contributed by atoms with Crippen LogP contribution in [0.25, 0.3) is 0 Å². The van der Waals surface area contributed by atoms with Crippen molar-refractivity contribution < 1.29 is 9.26 Å². The number of benzene rings is 1. The van der Waals surface area contributed by atoms with E-state index in [1.807, 2.05) is 25.1 Å². The molecule has 0 radical (unpaired) electrons. The quantitative estimate of drug-likeness (QED) is 0.806. The second-order valence-corrected chi connectivity index (χ2v) is 3.74. The average molecular weight is 228 g/mol. The third-order valence-corrected chi connectivity index (χ3v) is 2.27. The van der Waals surface area contributed by atoms with E-state index in [0.717, 1.165) is 17.0 Å². The van der Waals surface area contributed by atoms with Gasteiger partial charge >= 0.3 is 0 Å². The minimum Gasteiger partial charge on any atom is -0.369 e. The fraction of sp³-hybridized carbons (Fsp3) is 0.231. The highest BCUT2D eigenvalue weighted by Gasteiger charge is 2.01. The third-order valence-electron chi connectivity index (χ3n) is 2.27. The van der Waals surface area contributed by atoms with Gasteiger partial charge in [0.25, 0.3) is 0 Å². The Morgan fingerprint density at radius 1 is 1.29 bits per heavy atom. The summed E-state index contributed by atoms with van der Waals surface area (Å²) in [5.41, 5.74) is 2.53. The Labute approximate surface area is 99.4 Å². The molecule has 0 spiro atoms. The molecule has 0 saturated carbocycles. The SMILES string of the molecule is Cc1cc(COCc2ccc(C#N)cc2)on1. The lowest BCUT2D eigenvalue weighted by Crippen LogP contribution is -1.93. The highest BCUT2D eigenvalue weighted by Crippen LogP contribution is 2.08. The second kappa shape index (κ2) is 5.28. The van der Waals surface area contributed by atoms with Gasteiger partial charge in [-0.25, -0.2) is 0 Å². The van der Waals surface area contributed by atoms with Gasteiger partial charge in [0.2, 0.25) is 0 Å². The minimum absolute atomic E-state index is 0.404. The molecule has 4 heteroatoms. The largest absolute Gasteiger partial charge is 0.369 e. The van der Waals surface area contributed by atoms with E-state index in [4.69, 9.17) is 14.5 Å². The molecule has 0 atom stereocenters. The molecule has 17 heavy (non-hydrogen) atoms. The number of hydrogen-bond acceptors (Lipinski definition) is 4. The molecular formula is C13H12N2O2. The zero-order valence-corrected chi connectivity index (χ0v) is 9.51. The lowest BCUT2D eigenvalue weighted by atomic mass is 10.2. The van der Waals surface area contributed by atoms with E-state index in [1.54, 1.807) is 12.1 Å². The van der Waals surface area contributed by atoms with Crippen LogP contribution in [0.3, 0.4) is 0 Å². The van der Waals surface area contributed by atoms with E-state index in [2.05, 4.69) is 11.2 Å². The summed E-state index contributed by atoms with van der Waals surface area (Å²) >= 11 is 0. The Balaban J connectivity index is 1.84. The average Bonchev–Trinajstić information content (AvgIpc) is 2.76. The number of hydrogen-bond donors (Lipinski definition) is 0. The topological polar surface area (TPSA) is 59.0 Å². The molecule has 0 aliphatic rings. The van der Waals surface area contributed by atoms with Crippen LogP contribution in [0.15, 0.2) is 34.9 Å². The van der Waals surface area contributed by atoms with Crippen LogP contribution in [0.4, 0.5) is 0 Å².